The minimum absolute atomic E-state index is 0.370. The van der Waals surface area contributed by atoms with E-state index in [1.54, 1.807) is 30.3 Å². The van der Waals surface area contributed by atoms with Gasteiger partial charge in [-0.15, -0.1) is 0 Å². The number of carbonyl (C=O) groups excluding carboxylic acids is 1. The Kier molecular flexibility index (Phi) is 3.74. The lowest BCUT2D eigenvalue weighted by molar-refractivity contribution is -0.137. The first-order valence-electron chi connectivity index (χ1n) is 5.61. The summed E-state index contributed by atoms with van der Waals surface area (Å²) in [7, 11) is 0. The van der Waals surface area contributed by atoms with Gasteiger partial charge in [-0.3, -0.25) is 4.79 Å². The fourth-order valence-electron chi connectivity index (χ4n) is 1.60. The van der Waals surface area contributed by atoms with Gasteiger partial charge in [0.05, 0.1) is 11.1 Å². The third-order valence-corrected chi connectivity index (χ3v) is 2.57. The van der Waals surface area contributed by atoms with Gasteiger partial charge >= 0.3 is 6.18 Å². The number of anilines is 1. The third kappa shape index (κ3) is 3.14. The topological polar surface area (TPSA) is 29.1 Å². The van der Waals surface area contributed by atoms with E-state index in [1.165, 1.54) is 0 Å². The molecule has 2 aromatic carbocycles. The lowest BCUT2D eigenvalue weighted by atomic mass is 10.1. The summed E-state index contributed by atoms with van der Waals surface area (Å²) in [5, 5.41) is 2.33. The summed E-state index contributed by atoms with van der Waals surface area (Å²) in [6.07, 6.45) is -4.63. The molecule has 0 atom stereocenters. The predicted molar refractivity (Wildman–Crippen MR) is 65.8 cm³/mol. The molecule has 0 fully saturated rings. The Morgan fingerprint density at radius 3 is 2.25 bits per heavy atom. The number of amides is 1. The Morgan fingerprint density at radius 1 is 1.00 bits per heavy atom. The van der Waals surface area contributed by atoms with Crippen LogP contribution in [-0.4, -0.2) is 5.91 Å². The van der Waals surface area contributed by atoms with Gasteiger partial charge in [0, 0.05) is 5.69 Å². The Hall–Kier alpha value is -2.37. The van der Waals surface area contributed by atoms with E-state index in [0.29, 0.717) is 23.9 Å². The van der Waals surface area contributed by atoms with Gasteiger partial charge in [0.25, 0.3) is 5.91 Å². The standard InChI is InChI=1S/C14H9F4NO/c15-12-7-6-9(14(16,17)18)8-11(12)13(20)19-10-4-2-1-3-5-10/h1-8H,(H,19,20). The van der Waals surface area contributed by atoms with Crippen LogP contribution in [0.4, 0.5) is 23.2 Å². The van der Waals surface area contributed by atoms with Crippen molar-refractivity contribution in [1.29, 1.82) is 0 Å². The maximum atomic E-state index is 13.5. The van der Waals surface area contributed by atoms with Crippen molar-refractivity contribution in [2.75, 3.05) is 5.32 Å². The zero-order valence-corrected chi connectivity index (χ0v) is 10.0. The number of carbonyl (C=O) groups is 1. The van der Waals surface area contributed by atoms with Gasteiger partial charge in [-0.1, -0.05) is 18.2 Å². The molecule has 0 bridgehead atoms. The number of rotatable bonds is 2. The maximum absolute atomic E-state index is 13.5. The Bertz CT molecular complexity index is 623. The molecule has 0 radical (unpaired) electrons. The Labute approximate surface area is 112 Å². The minimum Gasteiger partial charge on any atom is -0.322 e. The van der Waals surface area contributed by atoms with Crippen molar-refractivity contribution in [3.05, 3.63) is 65.5 Å². The second-order valence-electron chi connectivity index (χ2n) is 4.01. The first kappa shape index (κ1) is 14.0. The molecule has 2 nitrogen and oxygen atoms in total. The third-order valence-electron chi connectivity index (χ3n) is 2.57. The van der Waals surface area contributed by atoms with Gasteiger partial charge in [0.1, 0.15) is 5.82 Å². The van der Waals surface area contributed by atoms with E-state index in [4.69, 9.17) is 0 Å². The van der Waals surface area contributed by atoms with Crippen molar-refractivity contribution in [2.45, 2.75) is 6.18 Å². The second kappa shape index (κ2) is 5.32. The molecular weight excluding hydrogens is 274 g/mol. The van der Waals surface area contributed by atoms with Crippen molar-refractivity contribution in [3.8, 4) is 0 Å². The molecule has 0 saturated heterocycles. The molecule has 0 spiro atoms. The molecular formula is C14H9F4NO. The van der Waals surface area contributed by atoms with Crippen LogP contribution in [0.5, 0.6) is 0 Å². The molecule has 0 aromatic heterocycles. The van der Waals surface area contributed by atoms with Crippen LogP contribution >= 0.6 is 0 Å². The quantitative estimate of drug-likeness (QED) is 0.826. The van der Waals surface area contributed by atoms with Gasteiger partial charge in [-0.2, -0.15) is 13.2 Å². The maximum Gasteiger partial charge on any atom is 0.416 e. The van der Waals surface area contributed by atoms with Crippen LogP contribution < -0.4 is 5.32 Å². The largest absolute Gasteiger partial charge is 0.416 e. The van der Waals surface area contributed by atoms with E-state index >= 15 is 0 Å². The van der Waals surface area contributed by atoms with E-state index < -0.39 is 29.0 Å². The van der Waals surface area contributed by atoms with Gasteiger partial charge < -0.3 is 5.32 Å². The van der Waals surface area contributed by atoms with Gasteiger partial charge in [-0.25, -0.2) is 4.39 Å². The van der Waals surface area contributed by atoms with Crippen LogP contribution in [0.2, 0.25) is 0 Å². The van der Waals surface area contributed by atoms with Gasteiger partial charge in [0.2, 0.25) is 0 Å². The molecule has 0 saturated carbocycles. The number of benzene rings is 2. The highest BCUT2D eigenvalue weighted by molar-refractivity contribution is 6.04. The zero-order chi connectivity index (χ0) is 14.8. The summed E-state index contributed by atoms with van der Waals surface area (Å²) in [6.45, 7) is 0. The van der Waals surface area contributed by atoms with Crippen LogP contribution in [0.1, 0.15) is 15.9 Å². The summed E-state index contributed by atoms with van der Waals surface area (Å²) in [6, 6.07) is 9.79. The predicted octanol–water partition coefficient (Wildman–Crippen LogP) is 4.10. The van der Waals surface area contributed by atoms with Gasteiger partial charge in [0.15, 0.2) is 0 Å². The molecule has 0 unspecified atom stereocenters. The number of halogens is 4. The molecule has 1 N–H and O–H groups in total. The van der Waals surface area contributed by atoms with Gasteiger partial charge in [-0.05, 0) is 30.3 Å². The highest BCUT2D eigenvalue weighted by atomic mass is 19.4. The zero-order valence-electron chi connectivity index (χ0n) is 10.0. The van der Waals surface area contributed by atoms with E-state index in [1.807, 2.05) is 0 Å². The lowest BCUT2D eigenvalue weighted by Crippen LogP contribution is -2.15. The molecule has 2 rings (SSSR count). The molecule has 6 heteroatoms. The number of para-hydroxylation sites is 1. The summed E-state index contributed by atoms with van der Waals surface area (Å²) < 4.78 is 51.1. The molecule has 104 valence electrons. The Morgan fingerprint density at radius 2 is 1.65 bits per heavy atom. The molecule has 0 aliphatic rings. The van der Waals surface area contributed by atoms with Crippen LogP contribution in [0.3, 0.4) is 0 Å². The molecule has 0 heterocycles. The molecule has 0 aliphatic carbocycles. The van der Waals surface area contributed by atoms with Crippen molar-refractivity contribution in [1.82, 2.24) is 0 Å². The van der Waals surface area contributed by atoms with E-state index in [2.05, 4.69) is 5.32 Å². The van der Waals surface area contributed by atoms with Crippen molar-refractivity contribution < 1.29 is 22.4 Å². The number of alkyl halides is 3. The van der Waals surface area contributed by atoms with Crippen molar-refractivity contribution in [3.63, 3.8) is 0 Å². The highest BCUT2D eigenvalue weighted by Gasteiger charge is 2.31. The molecule has 1 amide bonds. The number of nitrogens with one attached hydrogen (secondary N) is 1. The van der Waals surface area contributed by atoms with E-state index in [0.717, 1.165) is 0 Å². The summed E-state index contributed by atoms with van der Waals surface area (Å²) >= 11 is 0. The van der Waals surface area contributed by atoms with E-state index in [-0.39, 0.29) is 0 Å². The van der Waals surface area contributed by atoms with Crippen LogP contribution in [0.25, 0.3) is 0 Å². The molecule has 0 aliphatic heterocycles. The lowest BCUT2D eigenvalue weighted by Gasteiger charge is -2.10. The summed E-state index contributed by atoms with van der Waals surface area (Å²) in [5.74, 6) is -1.94. The van der Waals surface area contributed by atoms with Crippen molar-refractivity contribution >= 4 is 11.6 Å². The smallest absolute Gasteiger partial charge is 0.322 e. The van der Waals surface area contributed by atoms with Crippen molar-refractivity contribution in [2.24, 2.45) is 0 Å². The first-order chi connectivity index (χ1) is 9.38. The SMILES string of the molecule is O=C(Nc1ccccc1)c1cc(C(F)(F)F)ccc1F. The highest BCUT2D eigenvalue weighted by Crippen LogP contribution is 2.30. The van der Waals surface area contributed by atoms with E-state index in [9.17, 15) is 22.4 Å². The van der Waals surface area contributed by atoms with Crippen LogP contribution in [0.15, 0.2) is 48.5 Å². The monoisotopic (exact) mass is 283 g/mol. The minimum atomic E-state index is -4.63. The number of hydrogen-bond donors (Lipinski definition) is 1. The number of hydrogen-bond acceptors (Lipinski definition) is 1. The summed E-state index contributed by atoms with van der Waals surface area (Å²) in [4.78, 5) is 11.8. The van der Waals surface area contributed by atoms with Crippen LogP contribution in [0, 0.1) is 5.82 Å². The molecule has 2 aromatic rings. The fourth-order valence-corrected chi connectivity index (χ4v) is 1.60. The normalized spacial score (nSPS) is 11.2. The second-order valence-corrected chi connectivity index (χ2v) is 4.01. The Balaban J connectivity index is 2.30. The summed E-state index contributed by atoms with van der Waals surface area (Å²) in [5.41, 5.74) is -1.35. The molecule has 20 heavy (non-hydrogen) atoms. The van der Waals surface area contributed by atoms with Crippen LogP contribution in [-0.2, 0) is 6.18 Å². The average molecular weight is 283 g/mol. The first-order valence-corrected chi connectivity index (χ1v) is 5.61. The average Bonchev–Trinajstić information content (AvgIpc) is 2.39. The fraction of sp³-hybridized carbons (Fsp3) is 0.0714.